The fourth-order valence-electron chi connectivity index (χ4n) is 19.3. The van der Waals surface area contributed by atoms with Gasteiger partial charge in [-0.2, -0.15) is 0 Å². The summed E-state index contributed by atoms with van der Waals surface area (Å²) in [7, 11) is 0. The van der Waals surface area contributed by atoms with Crippen molar-refractivity contribution < 1.29 is 57.8 Å². The molecule has 780 valence electrons. The number of ether oxygens (including phenoxy) is 6. The minimum atomic E-state index is -0.530. The number of phenols is 2. The van der Waals surface area contributed by atoms with Gasteiger partial charge in [-0.15, -0.1) is 0 Å². The molecule has 1 aliphatic carbocycles. The number of rotatable bonds is 70. The number of fused-ring (bicyclic) bond motifs is 8. The van der Waals surface area contributed by atoms with E-state index in [9.17, 15) is 29.4 Å². The molecule has 0 aliphatic heterocycles. The quantitative estimate of drug-likeness (QED) is 0.0126. The first kappa shape index (κ1) is 115. The number of amides is 8. The molecular formula is C122H180N8O12. The molecule has 8 amide bonds. The molecule has 0 atom stereocenters. The highest BCUT2D eigenvalue weighted by Gasteiger charge is 2.27. The van der Waals surface area contributed by atoms with E-state index in [1.165, 1.54) is 205 Å². The highest BCUT2D eigenvalue weighted by molar-refractivity contribution is 6.02. The lowest BCUT2D eigenvalue weighted by molar-refractivity contribution is 0.224. The van der Waals surface area contributed by atoms with Crippen molar-refractivity contribution in [3.8, 4) is 46.0 Å². The van der Waals surface area contributed by atoms with Gasteiger partial charge in [-0.05, 0) is 233 Å². The van der Waals surface area contributed by atoms with Crippen LogP contribution in [0.1, 0.15) is 409 Å². The van der Waals surface area contributed by atoms with Crippen LogP contribution in [0.25, 0.3) is 0 Å². The average Bonchev–Trinajstić information content (AvgIpc) is 0.772. The largest absolute Gasteiger partial charge is 0.507 e. The Bertz CT molecular complexity index is 4440. The van der Waals surface area contributed by atoms with Gasteiger partial charge >= 0.3 is 24.1 Å². The topological polar surface area (TPSA) is 260 Å². The van der Waals surface area contributed by atoms with Crippen LogP contribution in [0, 0.1) is 23.7 Å². The third kappa shape index (κ3) is 43.4. The molecule has 0 fully saturated rings. The van der Waals surface area contributed by atoms with Crippen LogP contribution in [0.4, 0.5) is 64.7 Å². The van der Waals surface area contributed by atoms with Gasteiger partial charge in [-0.25, -0.2) is 19.2 Å². The second-order valence-corrected chi connectivity index (χ2v) is 40.3. The van der Waals surface area contributed by atoms with E-state index in [1.807, 2.05) is 121 Å². The molecule has 0 spiro atoms. The Hall–Kier alpha value is -10.8. The van der Waals surface area contributed by atoms with Gasteiger partial charge in [0.05, 0.1) is 39.6 Å². The van der Waals surface area contributed by atoms with Crippen molar-refractivity contribution in [1.82, 2.24) is 0 Å². The summed E-state index contributed by atoms with van der Waals surface area (Å²) in [5.41, 5.74) is 7.58. The minimum Gasteiger partial charge on any atom is -0.507 e. The molecule has 8 aromatic carbocycles. The highest BCUT2D eigenvalue weighted by Crippen LogP contribution is 2.44. The first-order valence-electron chi connectivity index (χ1n) is 55.9. The van der Waals surface area contributed by atoms with Crippen molar-refractivity contribution in [2.75, 3.05) is 82.2 Å². The van der Waals surface area contributed by atoms with Gasteiger partial charge in [-0.3, -0.25) is 0 Å². The summed E-state index contributed by atoms with van der Waals surface area (Å²) in [6, 6.07) is 42.3. The van der Waals surface area contributed by atoms with E-state index in [2.05, 4.69) is 112 Å². The minimum absolute atomic E-state index is 0.00699. The molecule has 8 aromatic rings. The fraction of sp³-hybridized carbons (Fsp3) is 0.574. The van der Waals surface area contributed by atoms with Crippen LogP contribution in [0.5, 0.6) is 46.0 Å². The van der Waals surface area contributed by atoms with E-state index >= 15 is 0 Å². The van der Waals surface area contributed by atoms with E-state index in [-0.39, 0.29) is 37.2 Å². The SMILES string of the molecule is CCCCCCC(CCCCCC)COc1ccc(NC(=O)Nc2cc3c(O)c(c2)Cc2cc(NC(=O)Nc4ccc(OCC(CCCCCC)CCCCCC)cc4)cc(c2OCCCCC)Cc2cc(NC(=O)Nc4ccc(OCC(CCCCCC)CCCCCC)cc4)cc(c2O)Cc2cc(NC(=O)Nc4ccc(OCC(CCCCCC)CCCCCC)cc4)cc(c2OCCCCC)C3)cc1. The second kappa shape index (κ2) is 67.7. The molecule has 9 rings (SSSR count). The second-order valence-electron chi connectivity index (χ2n) is 40.3. The summed E-state index contributed by atoms with van der Waals surface area (Å²) in [5, 5.41) is 51.9. The molecule has 142 heavy (non-hydrogen) atoms. The van der Waals surface area contributed by atoms with Crippen molar-refractivity contribution in [3.63, 3.8) is 0 Å². The molecule has 10 N–H and O–H groups in total. The van der Waals surface area contributed by atoms with E-state index in [4.69, 9.17) is 28.4 Å². The number of benzene rings is 8. The van der Waals surface area contributed by atoms with Crippen LogP contribution in [0.15, 0.2) is 146 Å². The monoisotopic (exact) mass is 1950 g/mol. The molecule has 8 bridgehead atoms. The van der Waals surface area contributed by atoms with Crippen LogP contribution in [0.2, 0.25) is 0 Å². The van der Waals surface area contributed by atoms with Crippen LogP contribution >= 0.6 is 0 Å². The maximum atomic E-state index is 14.8. The van der Waals surface area contributed by atoms with Crippen molar-refractivity contribution >= 4 is 69.6 Å². The molecule has 20 heteroatoms. The number of aromatic hydroxyl groups is 2. The van der Waals surface area contributed by atoms with E-state index in [0.717, 1.165) is 100 Å². The Morgan fingerprint density at radius 2 is 0.387 bits per heavy atom. The van der Waals surface area contributed by atoms with Gasteiger partial charge in [0.2, 0.25) is 0 Å². The number of carbonyl (C=O) groups is 4. The van der Waals surface area contributed by atoms with Gasteiger partial charge in [0, 0.05) is 116 Å². The van der Waals surface area contributed by atoms with Gasteiger partial charge in [0.15, 0.2) is 0 Å². The summed E-state index contributed by atoms with van der Waals surface area (Å²) < 4.78 is 40.2. The maximum Gasteiger partial charge on any atom is 0.323 e. The summed E-state index contributed by atoms with van der Waals surface area (Å²) in [4.78, 5) is 59.3. The normalized spacial score (nSPS) is 11.8. The first-order chi connectivity index (χ1) is 69.4. The predicted octanol–water partition coefficient (Wildman–Crippen LogP) is 35.2. The summed E-state index contributed by atoms with van der Waals surface area (Å²) >= 11 is 0. The Labute approximate surface area is 854 Å². The third-order valence-electron chi connectivity index (χ3n) is 27.7. The first-order valence-corrected chi connectivity index (χ1v) is 55.9. The number of phenolic OH excluding ortho intramolecular Hbond substituents is 2. The molecule has 20 nitrogen and oxygen atoms in total. The third-order valence-corrected chi connectivity index (χ3v) is 27.7. The number of carbonyl (C=O) groups excluding carboxylic acids is 4. The lowest BCUT2D eigenvalue weighted by Gasteiger charge is -2.23. The zero-order valence-corrected chi connectivity index (χ0v) is 88.7. The number of anilines is 8. The molecule has 0 unspecified atom stereocenters. The van der Waals surface area contributed by atoms with Gasteiger partial charge in [0.1, 0.15) is 46.0 Å². The summed E-state index contributed by atoms with van der Waals surface area (Å²) in [5.74, 6) is 5.52. The smallest absolute Gasteiger partial charge is 0.323 e. The Morgan fingerprint density at radius 3 is 0.570 bits per heavy atom. The number of unbranched alkanes of at least 4 members (excludes halogenated alkanes) is 28. The van der Waals surface area contributed by atoms with Crippen LogP contribution in [0.3, 0.4) is 0 Å². The van der Waals surface area contributed by atoms with Crippen LogP contribution in [-0.2, 0) is 25.7 Å². The molecule has 1 aliphatic rings. The fourth-order valence-corrected chi connectivity index (χ4v) is 19.3. The van der Waals surface area contributed by atoms with Crippen LogP contribution in [-0.4, -0.2) is 74.0 Å². The highest BCUT2D eigenvalue weighted by atomic mass is 16.5. The molecule has 0 heterocycles. The van der Waals surface area contributed by atoms with Crippen molar-refractivity contribution in [3.05, 3.63) is 190 Å². The molecule has 0 saturated heterocycles. The van der Waals surface area contributed by atoms with Crippen molar-refractivity contribution in [2.45, 2.75) is 390 Å². The van der Waals surface area contributed by atoms with E-state index in [1.54, 1.807) is 24.3 Å². The standard InChI is InChI=1S/C122H180N8O12/c1-11-21-31-39-49-91(50-40-32-22-12-2)87-139-111-65-57-103(58-66-111)123-119(133)127-107-79-95-75-99-83-109(129-121(135)125-105-61-69-113(70-62-105)141-89-93(53-43-35-25-15-5)54-44-36-26-16-6)85-101(117(99)137-73-47-29-19-9)77-97-81-108(128-120(134)124-104-59-67-112(68-60-104)140-88-92(51-41-33-23-13-3)52-42-34-24-14-4)82-98(116(97)132)78-102-86-110(84-100(76-96(80-107)115(95)131)118(102)138-74-48-30-20-10)130-122(136)126-106-63-71-114(72-64-106)142-90-94(55-45-37-27-17-7)56-46-38-28-18-8/h57-72,79-86,91-94,131-132H,11-56,73-78,87-90H2,1-10H3,(H2,123,127,133)(H2,124,128,134)(H2,125,129,135)(H2,126,130,136). The Morgan fingerprint density at radius 1 is 0.218 bits per heavy atom. The van der Waals surface area contributed by atoms with Crippen LogP contribution < -0.4 is 71.0 Å². The van der Waals surface area contributed by atoms with Crippen molar-refractivity contribution in [2.24, 2.45) is 23.7 Å². The van der Waals surface area contributed by atoms with E-state index < -0.39 is 24.1 Å². The average molecular weight is 1950 g/mol. The zero-order chi connectivity index (χ0) is 101. The molecular weight excluding hydrogens is 1770 g/mol. The Kier molecular flexibility index (Phi) is 54.8. The number of hydrogen-bond donors (Lipinski definition) is 10. The summed E-state index contributed by atoms with van der Waals surface area (Å²) in [6.45, 7) is 25.4. The number of nitrogens with one attached hydrogen (secondary N) is 8. The molecule has 0 radical (unpaired) electrons. The van der Waals surface area contributed by atoms with Gasteiger partial charge < -0.3 is 81.2 Å². The molecule has 0 aromatic heterocycles. The Balaban J connectivity index is 1.14. The maximum absolute atomic E-state index is 14.8. The summed E-state index contributed by atoms with van der Waals surface area (Å²) in [6.07, 6.45) is 52.8. The van der Waals surface area contributed by atoms with E-state index in [0.29, 0.717) is 178 Å². The van der Waals surface area contributed by atoms with Crippen molar-refractivity contribution in [1.29, 1.82) is 0 Å². The number of urea groups is 4. The molecule has 0 saturated carbocycles. The lowest BCUT2D eigenvalue weighted by Crippen LogP contribution is -2.20. The number of hydrogen-bond acceptors (Lipinski definition) is 12. The zero-order valence-electron chi connectivity index (χ0n) is 88.7. The van der Waals surface area contributed by atoms with Gasteiger partial charge in [-0.1, -0.05) is 300 Å². The lowest BCUT2D eigenvalue weighted by atomic mass is 9.90. The predicted molar refractivity (Wildman–Crippen MR) is 593 cm³/mol. The van der Waals surface area contributed by atoms with Gasteiger partial charge in [0.25, 0.3) is 0 Å².